The summed E-state index contributed by atoms with van der Waals surface area (Å²) in [6, 6.07) is 3.81. The van der Waals surface area contributed by atoms with Crippen LogP contribution in [0.15, 0.2) is 12.1 Å². The van der Waals surface area contributed by atoms with Crippen LogP contribution in [0.5, 0.6) is 11.5 Å². The quantitative estimate of drug-likeness (QED) is 0.787. The molecule has 0 aliphatic rings. The molecule has 0 amide bonds. The molecular weight excluding hydrogens is 230 g/mol. The van der Waals surface area contributed by atoms with E-state index in [9.17, 15) is 4.79 Å². The molecule has 4 nitrogen and oxygen atoms in total. The summed E-state index contributed by atoms with van der Waals surface area (Å²) in [6.07, 6.45) is 0. The zero-order valence-electron chi connectivity index (χ0n) is 11.7. The normalized spacial score (nSPS) is 10.6. The van der Waals surface area contributed by atoms with Crippen LogP contribution in [0.2, 0.25) is 0 Å². The molecule has 0 bridgehead atoms. The highest BCUT2D eigenvalue weighted by atomic mass is 16.5. The molecule has 100 valence electrons. The maximum absolute atomic E-state index is 12.1. The number of carbonyl (C=O) groups is 1. The molecule has 1 rings (SSSR count). The molecule has 0 heterocycles. The number of hydrogen-bond donors (Lipinski definition) is 1. The van der Waals surface area contributed by atoms with E-state index < -0.39 is 0 Å². The van der Waals surface area contributed by atoms with Gasteiger partial charge in [0, 0.05) is 11.6 Å². The molecule has 0 aliphatic carbocycles. The van der Waals surface area contributed by atoms with Gasteiger partial charge in [-0.25, -0.2) is 0 Å². The maximum Gasteiger partial charge on any atom is 0.180 e. The van der Waals surface area contributed by atoms with Crippen LogP contribution in [0.1, 0.15) is 29.8 Å². The van der Waals surface area contributed by atoms with E-state index in [0.29, 0.717) is 17.9 Å². The highest BCUT2D eigenvalue weighted by Crippen LogP contribution is 2.31. The van der Waals surface area contributed by atoms with Crippen molar-refractivity contribution in [3.05, 3.63) is 23.3 Å². The smallest absolute Gasteiger partial charge is 0.180 e. The van der Waals surface area contributed by atoms with Gasteiger partial charge in [-0.2, -0.15) is 0 Å². The summed E-state index contributed by atoms with van der Waals surface area (Å²) in [7, 11) is 3.16. The summed E-state index contributed by atoms with van der Waals surface area (Å²) in [6.45, 7) is 6.19. The molecule has 4 heteroatoms. The number of ketones is 1. The van der Waals surface area contributed by atoms with E-state index in [4.69, 9.17) is 9.47 Å². The van der Waals surface area contributed by atoms with Gasteiger partial charge in [0.2, 0.25) is 0 Å². The van der Waals surface area contributed by atoms with Crippen molar-refractivity contribution in [1.29, 1.82) is 0 Å². The first-order valence-electron chi connectivity index (χ1n) is 5.99. The van der Waals surface area contributed by atoms with E-state index in [1.807, 2.05) is 20.8 Å². The van der Waals surface area contributed by atoms with Crippen molar-refractivity contribution in [3.63, 3.8) is 0 Å². The van der Waals surface area contributed by atoms with Crippen LogP contribution >= 0.6 is 0 Å². The average Bonchev–Trinajstić information content (AvgIpc) is 2.35. The first kappa shape index (κ1) is 14.5. The van der Waals surface area contributed by atoms with Gasteiger partial charge in [-0.1, -0.05) is 13.8 Å². The molecule has 0 fully saturated rings. The molecule has 0 aromatic heterocycles. The second-order valence-electron chi connectivity index (χ2n) is 4.43. The van der Waals surface area contributed by atoms with Crippen LogP contribution < -0.4 is 14.8 Å². The minimum atomic E-state index is 0.0197. The molecule has 0 saturated carbocycles. The van der Waals surface area contributed by atoms with Gasteiger partial charge in [-0.05, 0) is 19.1 Å². The number of ether oxygens (including phenoxy) is 2. The predicted octanol–water partition coefficient (Wildman–Crippen LogP) is 2.19. The van der Waals surface area contributed by atoms with Crippen LogP contribution in [0.4, 0.5) is 0 Å². The first-order valence-corrected chi connectivity index (χ1v) is 5.99. The van der Waals surface area contributed by atoms with Crippen LogP contribution in [0, 0.1) is 6.92 Å². The summed E-state index contributed by atoms with van der Waals surface area (Å²) in [5.41, 5.74) is 1.43. The lowest BCUT2D eigenvalue weighted by Gasteiger charge is -2.14. The van der Waals surface area contributed by atoms with Gasteiger partial charge in [0.25, 0.3) is 0 Å². The number of nitrogens with one attached hydrogen (secondary N) is 1. The Morgan fingerprint density at radius 2 is 1.94 bits per heavy atom. The van der Waals surface area contributed by atoms with Crippen LogP contribution in [0.3, 0.4) is 0 Å². The van der Waals surface area contributed by atoms with E-state index in [-0.39, 0.29) is 11.8 Å². The Balaban J connectivity index is 3.02. The Hall–Kier alpha value is -1.55. The molecule has 0 unspecified atom stereocenters. The molecule has 1 aromatic rings. The number of hydrogen-bond acceptors (Lipinski definition) is 4. The van der Waals surface area contributed by atoms with E-state index in [1.165, 1.54) is 0 Å². The van der Waals surface area contributed by atoms with Gasteiger partial charge in [0.1, 0.15) is 11.5 Å². The van der Waals surface area contributed by atoms with Crippen molar-refractivity contribution in [2.75, 3.05) is 20.8 Å². The number of benzene rings is 1. The fourth-order valence-corrected chi connectivity index (χ4v) is 1.77. The van der Waals surface area contributed by atoms with Crippen molar-refractivity contribution >= 4 is 5.78 Å². The molecular formula is C14H21NO3. The van der Waals surface area contributed by atoms with E-state index >= 15 is 0 Å². The highest BCUT2D eigenvalue weighted by molar-refractivity contribution is 6.00. The second-order valence-corrected chi connectivity index (χ2v) is 4.43. The van der Waals surface area contributed by atoms with Gasteiger partial charge >= 0.3 is 0 Å². The molecule has 0 aliphatic heterocycles. The van der Waals surface area contributed by atoms with Gasteiger partial charge in [0.05, 0.1) is 26.3 Å². The minimum Gasteiger partial charge on any atom is -0.496 e. The third kappa shape index (κ3) is 3.23. The van der Waals surface area contributed by atoms with Crippen molar-refractivity contribution in [3.8, 4) is 11.5 Å². The third-order valence-electron chi connectivity index (χ3n) is 2.75. The molecule has 18 heavy (non-hydrogen) atoms. The van der Waals surface area contributed by atoms with Gasteiger partial charge in [-0.3, -0.25) is 4.79 Å². The van der Waals surface area contributed by atoms with Crippen LogP contribution in [-0.4, -0.2) is 32.6 Å². The Bertz CT molecular complexity index is 427. The predicted molar refractivity (Wildman–Crippen MR) is 71.8 cm³/mol. The van der Waals surface area contributed by atoms with Gasteiger partial charge < -0.3 is 14.8 Å². The zero-order chi connectivity index (χ0) is 13.7. The fourth-order valence-electron chi connectivity index (χ4n) is 1.77. The Labute approximate surface area is 108 Å². The van der Waals surface area contributed by atoms with Crippen molar-refractivity contribution < 1.29 is 14.3 Å². The van der Waals surface area contributed by atoms with E-state index in [1.54, 1.807) is 26.4 Å². The highest BCUT2D eigenvalue weighted by Gasteiger charge is 2.16. The fraction of sp³-hybridized carbons (Fsp3) is 0.500. The third-order valence-corrected chi connectivity index (χ3v) is 2.75. The Kier molecular flexibility index (Phi) is 5.16. The molecule has 0 spiro atoms. The second kappa shape index (κ2) is 6.40. The minimum absolute atomic E-state index is 0.0197. The standard InChI is InChI=1S/C14H21NO3/c1-9(2)15-8-12(16)11-6-7-13(17-4)10(3)14(11)18-5/h6-7,9,15H,8H2,1-5H3. The number of carbonyl (C=O) groups excluding carboxylic acids is 1. The molecule has 0 atom stereocenters. The topological polar surface area (TPSA) is 47.6 Å². The van der Waals surface area contributed by atoms with Gasteiger partial charge in [0.15, 0.2) is 5.78 Å². The Morgan fingerprint density at radius 3 is 2.44 bits per heavy atom. The lowest BCUT2D eigenvalue weighted by Crippen LogP contribution is -2.29. The summed E-state index contributed by atoms with van der Waals surface area (Å²) >= 11 is 0. The van der Waals surface area contributed by atoms with Crippen LogP contribution in [0.25, 0.3) is 0 Å². The average molecular weight is 251 g/mol. The molecule has 1 aromatic carbocycles. The lowest BCUT2D eigenvalue weighted by molar-refractivity contribution is 0.0985. The summed E-state index contributed by atoms with van der Waals surface area (Å²) < 4.78 is 10.5. The van der Waals surface area contributed by atoms with Crippen molar-refractivity contribution in [2.45, 2.75) is 26.8 Å². The lowest BCUT2D eigenvalue weighted by atomic mass is 10.0. The van der Waals surface area contributed by atoms with E-state index in [2.05, 4.69) is 5.32 Å². The van der Waals surface area contributed by atoms with Crippen molar-refractivity contribution in [1.82, 2.24) is 5.32 Å². The van der Waals surface area contributed by atoms with Crippen molar-refractivity contribution in [2.24, 2.45) is 0 Å². The summed E-state index contributed by atoms with van der Waals surface area (Å²) in [5, 5.41) is 3.11. The summed E-state index contributed by atoms with van der Waals surface area (Å²) in [4.78, 5) is 12.1. The molecule has 0 radical (unpaired) electrons. The monoisotopic (exact) mass is 251 g/mol. The van der Waals surface area contributed by atoms with E-state index in [0.717, 1.165) is 11.3 Å². The Morgan fingerprint density at radius 1 is 1.28 bits per heavy atom. The van der Waals surface area contributed by atoms with Gasteiger partial charge in [-0.15, -0.1) is 0 Å². The molecule has 0 saturated heterocycles. The number of Topliss-reactive ketones (excluding diaryl/α,β-unsaturated/α-hetero) is 1. The largest absolute Gasteiger partial charge is 0.496 e. The zero-order valence-corrected chi connectivity index (χ0v) is 11.7. The number of rotatable bonds is 6. The maximum atomic E-state index is 12.1. The number of methoxy groups -OCH3 is 2. The molecule has 1 N–H and O–H groups in total. The SMILES string of the molecule is COc1ccc(C(=O)CNC(C)C)c(OC)c1C. The first-order chi connectivity index (χ1) is 8.51. The van der Waals surface area contributed by atoms with Crippen LogP contribution in [-0.2, 0) is 0 Å². The summed E-state index contributed by atoms with van der Waals surface area (Å²) in [5.74, 6) is 1.33.